The molecule has 0 saturated heterocycles. The molecule has 0 radical (unpaired) electrons. The first kappa shape index (κ1) is 26.5. The summed E-state index contributed by atoms with van der Waals surface area (Å²) in [6, 6.07) is 17.2. The maximum atomic E-state index is 5.38. The van der Waals surface area contributed by atoms with Crippen molar-refractivity contribution in [1.29, 1.82) is 0 Å². The van der Waals surface area contributed by atoms with Crippen molar-refractivity contribution in [3.63, 3.8) is 0 Å². The Bertz CT molecular complexity index is 1320. The van der Waals surface area contributed by atoms with E-state index in [1.54, 1.807) is 0 Å². The molecule has 1 aromatic heterocycles. The predicted molar refractivity (Wildman–Crippen MR) is 160 cm³/mol. The molecule has 0 amide bonds. The van der Waals surface area contributed by atoms with Crippen molar-refractivity contribution in [1.82, 2.24) is 35.3 Å². The number of rotatable bonds is 12. The summed E-state index contributed by atoms with van der Waals surface area (Å²) in [6.07, 6.45) is 10.2. The first-order valence-electron chi connectivity index (χ1n) is 15.1. The van der Waals surface area contributed by atoms with E-state index in [9.17, 15) is 0 Å². The fourth-order valence-electron chi connectivity index (χ4n) is 5.96. The summed E-state index contributed by atoms with van der Waals surface area (Å²) in [4.78, 5) is 13.0. The van der Waals surface area contributed by atoms with Crippen LogP contribution >= 0.6 is 0 Å². The van der Waals surface area contributed by atoms with Crippen molar-refractivity contribution in [2.24, 2.45) is 16.8 Å². The van der Waals surface area contributed by atoms with E-state index in [-0.39, 0.29) is 6.17 Å². The number of fused-ring (bicyclic) bond motifs is 1. The minimum atomic E-state index is 0.197. The molecule has 40 heavy (non-hydrogen) atoms. The van der Waals surface area contributed by atoms with Crippen molar-refractivity contribution in [3.05, 3.63) is 66.0 Å². The summed E-state index contributed by atoms with van der Waals surface area (Å²) in [7, 11) is 0. The van der Waals surface area contributed by atoms with Gasteiger partial charge in [-0.15, -0.1) is 5.10 Å². The van der Waals surface area contributed by atoms with Crippen LogP contribution in [0.3, 0.4) is 0 Å². The second kappa shape index (κ2) is 11.8. The highest BCUT2D eigenvalue weighted by Gasteiger charge is 2.38. The normalized spacial score (nSPS) is 18.8. The number of nitrogens with one attached hydrogen (secondary N) is 1. The largest absolute Gasteiger partial charge is 0.358 e. The molecule has 2 aliphatic heterocycles. The first-order valence-corrected chi connectivity index (χ1v) is 15.1. The van der Waals surface area contributed by atoms with Crippen LogP contribution < -0.4 is 0 Å². The van der Waals surface area contributed by atoms with Gasteiger partial charge in [-0.05, 0) is 64.6 Å². The van der Waals surface area contributed by atoms with Gasteiger partial charge in [-0.3, -0.25) is 0 Å². The third-order valence-corrected chi connectivity index (χ3v) is 8.11. The fourth-order valence-corrected chi connectivity index (χ4v) is 5.96. The van der Waals surface area contributed by atoms with E-state index in [1.807, 2.05) is 6.07 Å². The number of H-pyrrole nitrogens is 1. The van der Waals surface area contributed by atoms with E-state index in [0.717, 1.165) is 55.3 Å². The van der Waals surface area contributed by atoms with Gasteiger partial charge in [0.2, 0.25) is 0 Å². The van der Waals surface area contributed by atoms with E-state index in [2.05, 4.69) is 105 Å². The lowest BCUT2D eigenvalue weighted by Gasteiger charge is -2.39. The number of nitrogens with zero attached hydrogens (tertiary/aromatic N) is 7. The van der Waals surface area contributed by atoms with Gasteiger partial charge < -0.3 is 14.7 Å². The van der Waals surface area contributed by atoms with Crippen LogP contribution in [0.1, 0.15) is 64.9 Å². The SMILES string of the molecule is CCCCCC1N=C2C(=CN(CC3CC3)CN2CC(C)C)N1Cc1ccc(-c2ccccc2-c2nnn[nH]2)cc1. The van der Waals surface area contributed by atoms with Crippen LogP contribution in [0, 0.1) is 11.8 Å². The highest BCUT2D eigenvalue weighted by atomic mass is 15.5. The lowest BCUT2D eigenvalue weighted by Crippen LogP contribution is -2.47. The molecule has 1 fully saturated rings. The summed E-state index contributed by atoms with van der Waals surface area (Å²) in [5.41, 5.74) is 5.88. The Hall–Kier alpha value is -3.68. The summed E-state index contributed by atoms with van der Waals surface area (Å²) in [5.74, 6) is 3.34. The average Bonchev–Trinajstić information content (AvgIpc) is 3.46. The van der Waals surface area contributed by atoms with Crippen LogP contribution in [0.4, 0.5) is 0 Å². The van der Waals surface area contributed by atoms with Gasteiger partial charge in [0, 0.05) is 31.4 Å². The molecule has 0 bridgehead atoms. The van der Waals surface area contributed by atoms with E-state index in [4.69, 9.17) is 4.99 Å². The number of unbranched alkanes of at least 4 members (excludes halogenated alkanes) is 2. The molecule has 0 spiro atoms. The van der Waals surface area contributed by atoms with Crippen LogP contribution in [0.15, 0.2) is 65.4 Å². The monoisotopic (exact) mass is 538 g/mol. The minimum Gasteiger partial charge on any atom is -0.358 e. The van der Waals surface area contributed by atoms with Crippen LogP contribution in [0.25, 0.3) is 22.5 Å². The Kier molecular flexibility index (Phi) is 7.84. The zero-order valence-corrected chi connectivity index (χ0v) is 24.1. The molecule has 1 atom stereocenters. The van der Waals surface area contributed by atoms with Gasteiger partial charge in [-0.25, -0.2) is 10.1 Å². The number of aliphatic imine (C=N–C) groups is 1. The van der Waals surface area contributed by atoms with Gasteiger partial charge in [0.1, 0.15) is 6.17 Å². The third-order valence-electron chi connectivity index (χ3n) is 8.11. The van der Waals surface area contributed by atoms with Crippen molar-refractivity contribution >= 4 is 5.84 Å². The minimum absolute atomic E-state index is 0.197. The van der Waals surface area contributed by atoms with Crippen molar-refractivity contribution < 1.29 is 0 Å². The van der Waals surface area contributed by atoms with Crippen molar-refractivity contribution in [2.75, 3.05) is 19.8 Å². The van der Waals surface area contributed by atoms with Crippen LogP contribution in [-0.4, -0.2) is 67.1 Å². The maximum absolute atomic E-state index is 5.38. The third kappa shape index (κ3) is 5.91. The van der Waals surface area contributed by atoms with Crippen molar-refractivity contribution in [2.45, 2.75) is 72.0 Å². The molecule has 3 aromatic rings. The average molecular weight is 539 g/mol. The Morgan fingerprint density at radius 2 is 1.80 bits per heavy atom. The molecule has 210 valence electrons. The maximum Gasteiger partial charge on any atom is 0.180 e. The highest BCUT2D eigenvalue weighted by molar-refractivity contribution is 6.00. The smallest absolute Gasteiger partial charge is 0.180 e. The standard InChI is InChI=1S/C32H42N8/c1-4-5-6-11-30-33-32-29(21-38(19-24-12-13-24)22-39(32)18-23(2)3)40(30)20-25-14-16-26(17-15-25)27-9-7-8-10-28(27)31-34-36-37-35-31/h7-10,14-17,21,23-24,30H,4-6,11-13,18-20,22H2,1-3H3,(H,34,35,36,37). The van der Waals surface area contributed by atoms with Crippen LogP contribution in [-0.2, 0) is 6.54 Å². The summed E-state index contributed by atoms with van der Waals surface area (Å²) in [6.45, 7) is 10.9. The number of aromatic nitrogens is 4. The molecule has 2 aromatic carbocycles. The van der Waals surface area contributed by atoms with E-state index >= 15 is 0 Å². The van der Waals surface area contributed by atoms with Gasteiger partial charge in [-0.2, -0.15) is 0 Å². The van der Waals surface area contributed by atoms with E-state index < -0.39 is 0 Å². The van der Waals surface area contributed by atoms with E-state index in [0.29, 0.717) is 11.7 Å². The zero-order chi connectivity index (χ0) is 27.5. The second-order valence-corrected chi connectivity index (χ2v) is 12.0. The molecule has 3 aliphatic rings. The number of hydrogen-bond acceptors (Lipinski definition) is 7. The quantitative estimate of drug-likeness (QED) is 0.279. The van der Waals surface area contributed by atoms with Crippen LogP contribution in [0.2, 0.25) is 0 Å². The highest BCUT2D eigenvalue weighted by Crippen LogP contribution is 2.35. The molecule has 8 heteroatoms. The molecule has 8 nitrogen and oxygen atoms in total. The van der Waals surface area contributed by atoms with Gasteiger partial charge in [0.25, 0.3) is 0 Å². The van der Waals surface area contributed by atoms with Gasteiger partial charge in [0.05, 0.1) is 12.4 Å². The van der Waals surface area contributed by atoms with Gasteiger partial charge in [0.15, 0.2) is 11.7 Å². The van der Waals surface area contributed by atoms with Crippen molar-refractivity contribution in [3.8, 4) is 22.5 Å². The number of hydrogen-bond donors (Lipinski definition) is 1. The van der Waals surface area contributed by atoms with Gasteiger partial charge >= 0.3 is 0 Å². The Labute approximate surface area is 238 Å². The predicted octanol–water partition coefficient (Wildman–Crippen LogP) is 6.14. The second-order valence-electron chi connectivity index (χ2n) is 12.0. The molecule has 1 N–H and O–H groups in total. The molecule has 6 rings (SSSR count). The Balaban J connectivity index is 1.26. The van der Waals surface area contributed by atoms with Crippen LogP contribution in [0.5, 0.6) is 0 Å². The molecule has 1 saturated carbocycles. The summed E-state index contributed by atoms with van der Waals surface area (Å²) in [5, 5.41) is 14.6. The molecule has 3 heterocycles. The number of benzene rings is 2. The first-order chi connectivity index (χ1) is 19.6. The topological polar surface area (TPSA) is 76.5 Å². The molecule has 1 unspecified atom stereocenters. The summed E-state index contributed by atoms with van der Waals surface area (Å²) >= 11 is 0. The Morgan fingerprint density at radius 1 is 1.00 bits per heavy atom. The number of aromatic amines is 1. The summed E-state index contributed by atoms with van der Waals surface area (Å²) < 4.78 is 0. The zero-order valence-electron chi connectivity index (χ0n) is 24.1. The molecule has 1 aliphatic carbocycles. The molecular formula is C32H42N8. The lowest BCUT2D eigenvalue weighted by atomic mass is 9.98. The van der Waals surface area contributed by atoms with E-state index in [1.165, 1.54) is 49.2 Å². The lowest BCUT2D eigenvalue weighted by molar-refractivity contribution is 0.199. The Morgan fingerprint density at radius 3 is 2.50 bits per heavy atom. The number of tetrazole rings is 1. The fraction of sp³-hybridized carbons (Fsp3) is 0.500. The molecular weight excluding hydrogens is 496 g/mol. The number of amidine groups is 1. The van der Waals surface area contributed by atoms with Gasteiger partial charge in [-0.1, -0.05) is 82.1 Å².